The van der Waals surface area contributed by atoms with Gasteiger partial charge in [0, 0.05) is 31.4 Å². The van der Waals surface area contributed by atoms with Crippen LogP contribution < -0.4 is 5.32 Å². The number of nitrogens with one attached hydrogen (secondary N) is 1. The van der Waals surface area contributed by atoms with Crippen LogP contribution >= 0.6 is 0 Å². The lowest BCUT2D eigenvalue weighted by Gasteiger charge is -2.16. The van der Waals surface area contributed by atoms with Gasteiger partial charge < -0.3 is 9.88 Å². The zero-order valence-corrected chi connectivity index (χ0v) is 10.3. The molecule has 0 bridgehead atoms. The minimum atomic E-state index is 0.588. The number of rotatable bonds is 6. The van der Waals surface area contributed by atoms with Crippen LogP contribution in [0.2, 0.25) is 0 Å². The Morgan fingerprint density at radius 3 is 2.80 bits per heavy atom. The monoisotopic (exact) mass is 209 g/mol. The number of aryl methyl sites for hydroxylation is 1. The summed E-state index contributed by atoms with van der Waals surface area (Å²) in [5.41, 5.74) is 0. The maximum Gasteiger partial charge on any atom is 0.108 e. The van der Waals surface area contributed by atoms with Crippen molar-refractivity contribution in [1.29, 1.82) is 0 Å². The van der Waals surface area contributed by atoms with E-state index in [0.717, 1.165) is 13.0 Å². The van der Waals surface area contributed by atoms with Gasteiger partial charge in [-0.15, -0.1) is 0 Å². The molecule has 2 atom stereocenters. The van der Waals surface area contributed by atoms with E-state index in [9.17, 15) is 0 Å². The summed E-state index contributed by atoms with van der Waals surface area (Å²) in [4.78, 5) is 4.40. The Balaban J connectivity index is 2.47. The fraction of sp³-hybridized carbons (Fsp3) is 0.750. The van der Waals surface area contributed by atoms with Gasteiger partial charge in [0.1, 0.15) is 5.82 Å². The van der Waals surface area contributed by atoms with Crippen LogP contribution in [-0.2, 0) is 13.0 Å². The SMILES string of the molecule is CCn1ccnc1CC(C)CC(C)NC. The molecule has 0 saturated heterocycles. The molecule has 0 aliphatic carbocycles. The van der Waals surface area contributed by atoms with Gasteiger partial charge in [-0.2, -0.15) is 0 Å². The predicted molar refractivity (Wildman–Crippen MR) is 63.9 cm³/mol. The molecule has 3 nitrogen and oxygen atoms in total. The second kappa shape index (κ2) is 5.91. The van der Waals surface area contributed by atoms with Gasteiger partial charge in [-0.05, 0) is 33.2 Å². The molecular weight excluding hydrogens is 186 g/mol. The van der Waals surface area contributed by atoms with E-state index < -0.39 is 0 Å². The van der Waals surface area contributed by atoms with E-state index in [1.807, 2.05) is 13.2 Å². The topological polar surface area (TPSA) is 29.9 Å². The normalized spacial score (nSPS) is 15.2. The van der Waals surface area contributed by atoms with Gasteiger partial charge in [0.15, 0.2) is 0 Å². The minimum Gasteiger partial charge on any atom is -0.335 e. The third-order valence-corrected chi connectivity index (χ3v) is 2.92. The van der Waals surface area contributed by atoms with Crippen LogP contribution in [0.5, 0.6) is 0 Å². The molecule has 0 saturated carbocycles. The largest absolute Gasteiger partial charge is 0.335 e. The van der Waals surface area contributed by atoms with E-state index in [1.165, 1.54) is 12.2 Å². The molecule has 1 heterocycles. The quantitative estimate of drug-likeness (QED) is 0.777. The van der Waals surface area contributed by atoms with E-state index >= 15 is 0 Å². The molecule has 2 unspecified atom stereocenters. The Kier molecular flexibility index (Phi) is 4.82. The van der Waals surface area contributed by atoms with Crippen LogP contribution in [0.25, 0.3) is 0 Å². The van der Waals surface area contributed by atoms with Gasteiger partial charge >= 0.3 is 0 Å². The standard InChI is InChI=1S/C12H23N3/c1-5-15-7-6-14-12(15)9-10(2)8-11(3)13-4/h6-7,10-11,13H,5,8-9H2,1-4H3. The first-order valence-electron chi connectivity index (χ1n) is 5.84. The van der Waals surface area contributed by atoms with Crippen LogP contribution in [0.3, 0.4) is 0 Å². The zero-order chi connectivity index (χ0) is 11.3. The molecule has 1 rings (SSSR count). The first kappa shape index (κ1) is 12.2. The molecule has 86 valence electrons. The van der Waals surface area contributed by atoms with Gasteiger partial charge in [-0.1, -0.05) is 6.92 Å². The Bertz CT molecular complexity index is 280. The summed E-state index contributed by atoms with van der Waals surface area (Å²) in [7, 11) is 2.02. The lowest BCUT2D eigenvalue weighted by atomic mass is 9.99. The third-order valence-electron chi connectivity index (χ3n) is 2.92. The smallest absolute Gasteiger partial charge is 0.108 e. The molecule has 0 aromatic carbocycles. The molecule has 1 N–H and O–H groups in total. The van der Waals surface area contributed by atoms with Crippen LogP contribution in [-0.4, -0.2) is 22.6 Å². The third kappa shape index (κ3) is 3.67. The molecule has 0 aliphatic rings. The van der Waals surface area contributed by atoms with Crippen molar-refractivity contribution in [3.8, 4) is 0 Å². The number of hydrogen-bond donors (Lipinski definition) is 1. The van der Waals surface area contributed by atoms with Crippen molar-refractivity contribution >= 4 is 0 Å². The molecule has 1 aromatic heterocycles. The fourth-order valence-electron chi connectivity index (χ4n) is 1.93. The lowest BCUT2D eigenvalue weighted by molar-refractivity contribution is 0.428. The Morgan fingerprint density at radius 2 is 2.20 bits per heavy atom. The Morgan fingerprint density at radius 1 is 1.47 bits per heavy atom. The number of imidazole rings is 1. The average Bonchev–Trinajstić information content (AvgIpc) is 2.64. The number of aromatic nitrogens is 2. The van der Waals surface area contributed by atoms with Crippen LogP contribution in [0.1, 0.15) is 33.0 Å². The van der Waals surface area contributed by atoms with Gasteiger partial charge in [-0.25, -0.2) is 4.98 Å². The van der Waals surface area contributed by atoms with Gasteiger partial charge in [0.2, 0.25) is 0 Å². The average molecular weight is 209 g/mol. The summed E-state index contributed by atoms with van der Waals surface area (Å²) in [6, 6.07) is 0.588. The molecular formula is C12H23N3. The van der Waals surface area contributed by atoms with Crippen molar-refractivity contribution in [2.45, 2.75) is 46.2 Å². The summed E-state index contributed by atoms with van der Waals surface area (Å²) in [6.07, 6.45) is 6.23. The van der Waals surface area contributed by atoms with Crippen molar-refractivity contribution < 1.29 is 0 Å². The molecule has 0 radical (unpaired) electrons. The number of nitrogens with zero attached hydrogens (tertiary/aromatic N) is 2. The zero-order valence-electron chi connectivity index (χ0n) is 10.3. The van der Waals surface area contributed by atoms with E-state index in [4.69, 9.17) is 0 Å². The molecule has 15 heavy (non-hydrogen) atoms. The predicted octanol–water partition coefficient (Wildman–Crippen LogP) is 2.08. The van der Waals surface area contributed by atoms with Gasteiger partial charge in [-0.3, -0.25) is 0 Å². The maximum absolute atomic E-state index is 4.40. The highest BCUT2D eigenvalue weighted by Crippen LogP contribution is 2.12. The molecule has 3 heteroatoms. The molecule has 1 aromatic rings. The fourth-order valence-corrected chi connectivity index (χ4v) is 1.93. The van der Waals surface area contributed by atoms with E-state index in [2.05, 4.69) is 41.8 Å². The van der Waals surface area contributed by atoms with Gasteiger partial charge in [0.05, 0.1) is 0 Å². The highest BCUT2D eigenvalue weighted by atomic mass is 15.0. The Labute approximate surface area is 92.9 Å². The molecule has 0 amide bonds. The van der Waals surface area contributed by atoms with Crippen molar-refractivity contribution in [3.05, 3.63) is 18.2 Å². The van der Waals surface area contributed by atoms with E-state index in [-0.39, 0.29) is 0 Å². The first-order chi connectivity index (χ1) is 7.17. The molecule has 0 spiro atoms. The van der Waals surface area contributed by atoms with Crippen molar-refractivity contribution in [3.63, 3.8) is 0 Å². The highest BCUT2D eigenvalue weighted by Gasteiger charge is 2.10. The van der Waals surface area contributed by atoms with Crippen molar-refractivity contribution in [2.24, 2.45) is 5.92 Å². The Hall–Kier alpha value is -0.830. The number of hydrogen-bond acceptors (Lipinski definition) is 2. The maximum atomic E-state index is 4.40. The van der Waals surface area contributed by atoms with E-state index in [1.54, 1.807) is 0 Å². The minimum absolute atomic E-state index is 0.588. The summed E-state index contributed by atoms with van der Waals surface area (Å²) in [5.74, 6) is 1.90. The lowest BCUT2D eigenvalue weighted by Crippen LogP contribution is -2.24. The molecule has 0 aliphatic heterocycles. The van der Waals surface area contributed by atoms with Crippen molar-refractivity contribution in [1.82, 2.24) is 14.9 Å². The summed E-state index contributed by atoms with van der Waals surface area (Å²) >= 11 is 0. The second-order valence-corrected chi connectivity index (χ2v) is 4.36. The highest BCUT2D eigenvalue weighted by molar-refractivity contribution is 4.93. The second-order valence-electron chi connectivity index (χ2n) is 4.36. The first-order valence-corrected chi connectivity index (χ1v) is 5.84. The van der Waals surface area contributed by atoms with Crippen LogP contribution in [0.15, 0.2) is 12.4 Å². The van der Waals surface area contributed by atoms with Crippen LogP contribution in [0.4, 0.5) is 0 Å². The molecule has 0 fully saturated rings. The summed E-state index contributed by atoms with van der Waals surface area (Å²) in [6.45, 7) is 7.70. The van der Waals surface area contributed by atoms with Crippen molar-refractivity contribution in [2.75, 3.05) is 7.05 Å². The van der Waals surface area contributed by atoms with Gasteiger partial charge in [0.25, 0.3) is 0 Å². The van der Waals surface area contributed by atoms with E-state index in [0.29, 0.717) is 12.0 Å². The summed E-state index contributed by atoms with van der Waals surface area (Å²) < 4.78 is 2.22. The van der Waals surface area contributed by atoms with Crippen LogP contribution in [0, 0.1) is 5.92 Å². The summed E-state index contributed by atoms with van der Waals surface area (Å²) in [5, 5.41) is 3.28.